The Hall–Kier alpha value is -1.60. The highest BCUT2D eigenvalue weighted by atomic mass is 32.2. The predicted octanol–water partition coefficient (Wildman–Crippen LogP) is 1.90. The maximum absolute atomic E-state index is 11.6. The highest BCUT2D eigenvalue weighted by molar-refractivity contribution is 7.84. The number of benzene rings is 1. The Morgan fingerprint density at radius 2 is 1.86 bits per heavy atom. The second-order valence-corrected chi connectivity index (χ2v) is 6.28. The summed E-state index contributed by atoms with van der Waals surface area (Å²) in [6.07, 6.45) is 5.60. The third kappa shape index (κ3) is 8.63. The van der Waals surface area contributed by atoms with Crippen molar-refractivity contribution >= 4 is 16.2 Å². The SMILES string of the molecule is CCCCCCC(=O)NCCc1ccc(OS(N)(=O)=O)cc1. The van der Waals surface area contributed by atoms with Gasteiger partial charge in [-0.05, 0) is 30.5 Å². The smallest absolute Gasteiger partial charge is 0.371 e. The summed E-state index contributed by atoms with van der Waals surface area (Å²) in [7, 11) is -3.99. The van der Waals surface area contributed by atoms with E-state index in [9.17, 15) is 13.2 Å². The summed E-state index contributed by atoms with van der Waals surface area (Å²) in [5, 5.41) is 7.66. The van der Waals surface area contributed by atoms with Gasteiger partial charge in [-0.2, -0.15) is 13.6 Å². The number of hydrogen-bond acceptors (Lipinski definition) is 4. The molecule has 0 saturated carbocycles. The van der Waals surface area contributed by atoms with E-state index < -0.39 is 10.3 Å². The molecule has 0 bridgehead atoms. The number of hydrogen-bond donors (Lipinski definition) is 2. The van der Waals surface area contributed by atoms with Crippen molar-refractivity contribution in [2.75, 3.05) is 6.54 Å². The molecule has 0 aliphatic carbocycles. The number of rotatable bonds is 10. The van der Waals surface area contributed by atoms with Crippen molar-refractivity contribution in [1.82, 2.24) is 5.32 Å². The molecule has 0 fully saturated rings. The van der Waals surface area contributed by atoms with Crippen LogP contribution in [0.5, 0.6) is 5.75 Å². The fourth-order valence-corrected chi connectivity index (χ4v) is 2.37. The molecule has 124 valence electrons. The predicted molar refractivity (Wildman–Crippen MR) is 85.6 cm³/mol. The molecule has 1 amide bonds. The number of nitrogens with one attached hydrogen (secondary N) is 1. The fourth-order valence-electron chi connectivity index (χ4n) is 1.99. The van der Waals surface area contributed by atoms with Gasteiger partial charge in [0.05, 0.1) is 0 Å². The first kappa shape index (κ1) is 18.4. The zero-order valence-electron chi connectivity index (χ0n) is 12.9. The van der Waals surface area contributed by atoms with E-state index in [1.807, 2.05) is 0 Å². The van der Waals surface area contributed by atoms with Crippen molar-refractivity contribution in [3.63, 3.8) is 0 Å². The maximum atomic E-state index is 11.6. The minimum absolute atomic E-state index is 0.0743. The largest absolute Gasteiger partial charge is 0.380 e. The van der Waals surface area contributed by atoms with Crippen LogP contribution in [0.1, 0.15) is 44.6 Å². The Morgan fingerprint density at radius 3 is 2.45 bits per heavy atom. The Balaban J connectivity index is 2.26. The van der Waals surface area contributed by atoms with Gasteiger partial charge in [-0.1, -0.05) is 38.3 Å². The molecule has 0 unspecified atom stereocenters. The van der Waals surface area contributed by atoms with Crippen LogP contribution in [0.25, 0.3) is 0 Å². The van der Waals surface area contributed by atoms with Crippen molar-refractivity contribution in [2.24, 2.45) is 5.14 Å². The quantitative estimate of drug-likeness (QED) is 0.641. The summed E-state index contributed by atoms with van der Waals surface area (Å²) in [6, 6.07) is 6.56. The molecule has 0 radical (unpaired) electrons. The van der Waals surface area contributed by atoms with E-state index in [1.165, 1.54) is 18.6 Å². The van der Waals surface area contributed by atoms with Crippen LogP contribution in [-0.2, 0) is 21.5 Å². The lowest BCUT2D eigenvalue weighted by atomic mass is 10.1. The van der Waals surface area contributed by atoms with Crippen LogP contribution < -0.4 is 14.6 Å². The van der Waals surface area contributed by atoms with E-state index >= 15 is 0 Å². The summed E-state index contributed by atoms with van der Waals surface area (Å²) in [5.74, 6) is 0.247. The molecule has 1 aromatic rings. The highest BCUT2D eigenvalue weighted by Crippen LogP contribution is 2.13. The second kappa shape index (κ2) is 9.42. The van der Waals surface area contributed by atoms with E-state index in [1.54, 1.807) is 12.1 Å². The van der Waals surface area contributed by atoms with Crippen molar-refractivity contribution < 1.29 is 17.4 Å². The number of carbonyl (C=O) groups is 1. The van der Waals surface area contributed by atoms with Gasteiger partial charge in [0.25, 0.3) is 0 Å². The highest BCUT2D eigenvalue weighted by Gasteiger charge is 2.05. The lowest BCUT2D eigenvalue weighted by molar-refractivity contribution is -0.121. The van der Waals surface area contributed by atoms with Crippen molar-refractivity contribution in [1.29, 1.82) is 0 Å². The van der Waals surface area contributed by atoms with Gasteiger partial charge in [-0.15, -0.1) is 0 Å². The van der Waals surface area contributed by atoms with Gasteiger partial charge in [-0.25, -0.2) is 0 Å². The first-order valence-electron chi connectivity index (χ1n) is 7.48. The third-order valence-corrected chi connectivity index (χ3v) is 3.55. The molecule has 0 aliphatic heterocycles. The average Bonchev–Trinajstić information content (AvgIpc) is 2.44. The number of nitrogens with two attached hydrogens (primary N) is 1. The van der Waals surface area contributed by atoms with Gasteiger partial charge >= 0.3 is 10.3 Å². The van der Waals surface area contributed by atoms with Gasteiger partial charge in [-0.3, -0.25) is 4.79 Å². The molecule has 22 heavy (non-hydrogen) atoms. The first-order valence-corrected chi connectivity index (χ1v) is 8.95. The minimum atomic E-state index is -3.99. The number of unbranched alkanes of at least 4 members (excludes halogenated alkanes) is 3. The molecular formula is C15H24N2O4S. The van der Waals surface area contributed by atoms with Gasteiger partial charge in [0, 0.05) is 13.0 Å². The molecule has 0 aliphatic rings. The van der Waals surface area contributed by atoms with Gasteiger partial charge < -0.3 is 9.50 Å². The van der Waals surface area contributed by atoms with Gasteiger partial charge in [0.2, 0.25) is 5.91 Å². The molecule has 0 atom stereocenters. The summed E-state index contributed by atoms with van der Waals surface area (Å²) >= 11 is 0. The zero-order valence-corrected chi connectivity index (χ0v) is 13.7. The van der Waals surface area contributed by atoms with Crippen molar-refractivity contribution in [3.05, 3.63) is 29.8 Å². The second-order valence-electron chi connectivity index (χ2n) is 5.13. The Bertz CT molecular complexity index is 555. The summed E-state index contributed by atoms with van der Waals surface area (Å²) in [4.78, 5) is 11.6. The lowest BCUT2D eigenvalue weighted by Gasteiger charge is -2.06. The van der Waals surface area contributed by atoms with Crippen LogP contribution in [0.4, 0.5) is 0 Å². The van der Waals surface area contributed by atoms with Crippen LogP contribution in [0.15, 0.2) is 24.3 Å². The topological polar surface area (TPSA) is 98.5 Å². The fraction of sp³-hybridized carbons (Fsp3) is 0.533. The molecule has 0 aromatic heterocycles. The van der Waals surface area contributed by atoms with Gasteiger partial charge in [0.15, 0.2) is 0 Å². The number of carbonyl (C=O) groups excluding carboxylic acids is 1. The Labute approximate surface area is 132 Å². The minimum Gasteiger partial charge on any atom is -0.371 e. The molecule has 0 heterocycles. The molecule has 7 heteroatoms. The van der Waals surface area contributed by atoms with Crippen LogP contribution >= 0.6 is 0 Å². The van der Waals surface area contributed by atoms with Crippen LogP contribution in [0.2, 0.25) is 0 Å². The lowest BCUT2D eigenvalue weighted by Crippen LogP contribution is -2.25. The number of amides is 1. The summed E-state index contributed by atoms with van der Waals surface area (Å²) in [5.41, 5.74) is 0.980. The van der Waals surface area contributed by atoms with Crippen LogP contribution in [-0.4, -0.2) is 20.9 Å². The molecule has 3 N–H and O–H groups in total. The van der Waals surface area contributed by atoms with E-state index in [2.05, 4.69) is 16.4 Å². The van der Waals surface area contributed by atoms with Crippen LogP contribution in [0.3, 0.4) is 0 Å². The van der Waals surface area contributed by atoms with Crippen molar-refractivity contribution in [3.8, 4) is 5.75 Å². The van der Waals surface area contributed by atoms with Crippen molar-refractivity contribution in [2.45, 2.75) is 45.4 Å². The van der Waals surface area contributed by atoms with Crippen LogP contribution in [0, 0.1) is 0 Å². The molecular weight excluding hydrogens is 304 g/mol. The Morgan fingerprint density at radius 1 is 1.18 bits per heavy atom. The first-order chi connectivity index (χ1) is 10.4. The van der Waals surface area contributed by atoms with E-state index in [-0.39, 0.29) is 11.7 Å². The maximum Gasteiger partial charge on any atom is 0.380 e. The van der Waals surface area contributed by atoms with E-state index in [0.29, 0.717) is 19.4 Å². The summed E-state index contributed by atoms with van der Waals surface area (Å²) < 4.78 is 26.1. The monoisotopic (exact) mass is 328 g/mol. The normalized spacial score (nSPS) is 11.2. The van der Waals surface area contributed by atoms with E-state index in [0.717, 1.165) is 24.8 Å². The average molecular weight is 328 g/mol. The zero-order chi connectivity index (χ0) is 16.4. The molecule has 6 nitrogen and oxygen atoms in total. The molecule has 1 aromatic carbocycles. The van der Waals surface area contributed by atoms with Gasteiger partial charge in [0.1, 0.15) is 5.75 Å². The standard InChI is InChI=1S/C15H24N2O4S/c1-2-3-4-5-6-15(18)17-12-11-13-7-9-14(10-8-13)21-22(16,19)20/h7-10H,2-6,11-12H2,1H3,(H,17,18)(H2,16,19,20). The Kier molecular flexibility index (Phi) is 7.90. The van der Waals surface area contributed by atoms with E-state index in [4.69, 9.17) is 5.14 Å². The summed E-state index contributed by atoms with van der Waals surface area (Å²) in [6.45, 7) is 2.70. The molecule has 0 spiro atoms. The third-order valence-electron chi connectivity index (χ3n) is 3.13. The molecule has 0 saturated heterocycles. The molecule has 1 rings (SSSR count).